The van der Waals surface area contributed by atoms with Crippen LogP contribution in [-0.2, 0) is 6.61 Å². The molecule has 2 aromatic heterocycles. The SMILES string of the molecule is NC(=O)c1cc(F)c(NC2CCCCC2N)nc1Nc1ccnc(CO)c1. The van der Waals surface area contributed by atoms with Crippen LogP contribution < -0.4 is 22.1 Å². The predicted octanol–water partition coefficient (Wildman–Crippen LogP) is 1.63. The smallest absolute Gasteiger partial charge is 0.252 e. The molecule has 1 amide bonds. The summed E-state index contributed by atoms with van der Waals surface area (Å²) in [6.45, 7) is -0.235. The molecule has 0 aromatic carbocycles. The van der Waals surface area contributed by atoms with Crippen LogP contribution >= 0.6 is 0 Å². The van der Waals surface area contributed by atoms with Crippen LogP contribution in [0.1, 0.15) is 41.7 Å². The number of aliphatic hydroxyl groups is 1. The minimum atomic E-state index is -0.804. The Morgan fingerprint density at radius 3 is 2.78 bits per heavy atom. The number of aliphatic hydroxyl groups excluding tert-OH is 1. The molecule has 1 aliphatic carbocycles. The highest BCUT2D eigenvalue weighted by Crippen LogP contribution is 2.26. The highest BCUT2D eigenvalue weighted by molar-refractivity contribution is 5.98. The van der Waals surface area contributed by atoms with Crippen molar-refractivity contribution in [2.75, 3.05) is 10.6 Å². The van der Waals surface area contributed by atoms with E-state index in [1.54, 1.807) is 12.1 Å². The fourth-order valence-corrected chi connectivity index (χ4v) is 3.17. The van der Waals surface area contributed by atoms with Gasteiger partial charge in [0.1, 0.15) is 5.82 Å². The number of hydrogen-bond donors (Lipinski definition) is 5. The number of nitrogens with two attached hydrogens (primary N) is 2. The summed E-state index contributed by atoms with van der Waals surface area (Å²) in [5.41, 5.74) is 12.4. The van der Waals surface area contributed by atoms with E-state index >= 15 is 0 Å². The molecule has 0 radical (unpaired) electrons. The highest BCUT2D eigenvalue weighted by atomic mass is 19.1. The summed E-state index contributed by atoms with van der Waals surface area (Å²) in [6, 6.07) is 4.12. The van der Waals surface area contributed by atoms with E-state index in [9.17, 15) is 14.3 Å². The number of halogens is 1. The predicted molar refractivity (Wildman–Crippen MR) is 100 cm³/mol. The third-order valence-electron chi connectivity index (χ3n) is 4.62. The van der Waals surface area contributed by atoms with Gasteiger partial charge in [0.25, 0.3) is 5.91 Å². The van der Waals surface area contributed by atoms with Crippen molar-refractivity contribution < 1.29 is 14.3 Å². The second kappa shape index (κ2) is 8.28. The van der Waals surface area contributed by atoms with Gasteiger partial charge in [0.15, 0.2) is 11.6 Å². The Balaban J connectivity index is 1.91. The van der Waals surface area contributed by atoms with Gasteiger partial charge in [0, 0.05) is 24.0 Å². The monoisotopic (exact) mass is 374 g/mol. The zero-order chi connectivity index (χ0) is 19.4. The lowest BCUT2D eigenvalue weighted by Crippen LogP contribution is -2.43. The second-order valence-electron chi connectivity index (χ2n) is 6.60. The van der Waals surface area contributed by atoms with Gasteiger partial charge in [-0.2, -0.15) is 0 Å². The summed E-state index contributed by atoms with van der Waals surface area (Å²) in [5, 5.41) is 15.2. The van der Waals surface area contributed by atoms with Gasteiger partial charge in [-0.1, -0.05) is 12.8 Å². The molecule has 7 N–H and O–H groups in total. The van der Waals surface area contributed by atoms with Gasteiger partial charge in [-0.25, -0.2) is 9.37 Å². The Bertz CT molecular complexity index is 831. The number of amides is 1. The number of nitrogens with one attached hydrogen (secondary N) is 2. The lowest BCUT2D eigenvalue weighted by Gasteiger charge is -2.30. The lowest BCUT2D eigenvalue weighted by molar-refractivity contribution is 0.100. The number of rotatable bonds is 6. The van der Waals surface area contributed by atoms with Crippen molar-refractivity contribution in [3.05, 3.63) is 41.5 Å². The third-order valence-corrected chi connectivity index (χ3v) is 4.62. The van der Waals surface area contributed by atoms with Gasteiger partial charge >= 0.3 is 0 Å². The van der Waals surface area contributed by atoms with E-state index < -0.39 is 11.7 Å². The molecule has 1 aliphatic rings. The molecular weight excluding hydrogens is 351 g/mol. The van der Waals surface area contributed by atoms with Crippen LogP contribution in [0.2, 0.25) is 0 Å². The second-order valence-corrected chi connectivity index (χ2v) is 6.60. The normalized spacial score (nSPS) is 19.5. The largest absolute Gasteiger partial charge is 0.390 e. The van der Waals surface area contributed by atoms with Gasteiger partial charge < -0.3 is 27.2 Å². The molecule has 1 saturated carbocycles. The van der Waals surface area contributed by atoms with Crippen LogP contribution in [0.3, 0.4) is 0 Å². The number of aromatic nitrogens is 2. The van der Waals surface area contributed by atoms with Crippen LogP contribution in [0.4, 0.5) is 21.7 Å². The van der Waals surface area contributed by atoms with Crippen LogP contribution in [-0.4, -0.2) is 33.1 Å². The molecule has 2 atom stereocenters. The quantitative estimate of drug-likeness (QED) is 0.518. The van der Waals surface area contributed by atoms with Crippen molar-refractivity contribution in [2.45, 2.75) is 44.4 Å². The fraction of sp³-hybridized carbons (Fsp3) is 0.389. The van der Waals surface area contributed by atoms with Gasteiger partial charge in [-0.05, 0) is 31.0 Å². The minimum Gasteiger partial charge on any atom is -0.390 e. The van der Waals surface area contributed by atoms with E-state index in [2.05, 4.69) is 20.6 Å². The molecule has 9 heteroatoms. The average molecular weight is 374 g/mol. The number of primary amides is 1. The molecule has 144 valence electrons. The van der Waals surface area contributed by atoms with Crippen molar-refractivity contribution in [3.8, 4) is 0 Å². The first-order chi connectivity index (χ1) is 13.0. The molecule has 3 rings (SSSR count). The maximum Gasteiger partial charge on any atom is 0.252 e. The minimum absolute atomic E-state index is 0.0151. The molecule has 0 bridgehead atoms. The van der Waals surface area contributed by atoms with Gasteiger partial charge in [0.2, 0.25) is 0 Å². The molecule has 27 heavy (non-hydrogen) atoms. The molecule has 2 heterocycles. The van der Waals surface area contributed by atoms with E-state index in [1.807, 2.05) is 0 Å². The Kier molecular flexibility index (Phi) is 5.82. The molecule has 0 spiro atoms. The van der Waals surface area contributed by atoms with Crippen LogP contribution in [0.25, 0.3) is 0 Å². The summed E-state index contributed by atoms with van der Waals surface area (Å²) in [4.78, 5) is 19.9. The Morgan fingerprint density at radius 2 is 2.07 bits per heavy atom. The number of anilines is 3. The van der Waals surface area contributed by atoms with Gasteiger partial charge in [-0.3, -0.25) is 9.78 Å². The summed E-state index contributed by atoms with van der Waals surface area (Å²) < 4.78 is 14.5. The maximum absolute atomic E-state index is 14.5. The van der Waals surface area contributed by atoms with Crippen molar-refractivity contribution in [2.24, 2.45) is 11.5 Å². The molecule has 0 aliphatic heterocycles. The first-order valence-corrected chi connectivity index (χ1v) is 8.83. The Labute approximate surface area is 156 Å². The van der Waals surface area contributed by atoms with Crippen LogP contribution in [0.15, 0.2) is 24.4 Å². The number of carbonyl (C=O) groups is 1. The number of nitrogens with zero attached hydrogens (tertiary/aromatic N) is 2. The summed E-state index contributed by atoms with van der Waals surface area (Å²) in [7, 11) is 0. The summed E-state index contributed by atoms with van der Waals surface area (Å²) in [6.07, 6.45) is 5.26. The van der Waals surface area contributed by atoms with E-state index in [0.717, 1.165) is 31.7 Å². The summed E-state index contributed by atoms with van der Waals surface area (Å²) >= 11 is 0. The van der Waals surface area contributed by atoms with Crippen molar-refractivity contribution in [1.82, 2.24) is 9.97 Å². The first kappa shape index (κ1) is 19.0. The molecular formula is C18H23FN6O2. The third kappa shape index (κ3) is 4.50. The van der Waals surface area contributed by atoms with Crippen LogP contribution in [0.5, 0.6) is 0 Å². The van der Waals surface area contributed by atoms with E-state index in [1.165, 1.54) is 6.20 Å². The topological polar surface area (TPSA) is 139 Å². The van der Waals surface area contributed by atoms with Crippen molar-refractivity contribution in [1.29, 1.82) is 0 Å². The Morgan fingerprint density at radius 1 is 1.30 bits per heavy atom. The van der Waals surface area contributed by atoms with Gasteiger partial charge in [0.05, 0.1) is 17.9 Å². The molecule has 0 saturated heterocycles. The van der Waals surface area contributed by atoms with E-state index in [4.69, 9.17) is 11.5 Å². The summed E-state index contributed by atoms with van der Waals surface area (Å²) in [5.74, 6) is -1.34. The highest BCUT2D eigenvalue weighted by Gasteiger charge is 2.24. The van der Waals surface area contributed by atoms with Gasteiger partial charge in [-0.15, -0.1) is 0 Å². The first-order valence-electron chi connectivity index (χ1n) is 8.83. The molecule has 2 unspecified atom stereocenters. The number of hydrogen-bond acceptors (Lipinski definition) is 7. The van der Waals surface area contributed by atoms with E-state index in [-0.39, 0.29) is 35.9 Å². The zero-order valence-electron chi connectivity index (χ0n) is 14.8. The van der Waals surface area contributed by atoms with Crippen molar-refractivity contribution in [3.63, 3.8) is 0 Å². The zero-order valence-corrected chi connectivity index (χ0v) is 14.8. The Hall–Kier alpha value is -2.78. The molecule has 1 fully saturated rings. The lowest BCUT2D eigenvalue weighted by atomic mass is 9.91. The van der Waals surface area contributed by atoms with E-state index in [0.29, 0.717) is 11.4 Å². The fourth-order valence-electron chi connectivity index (χ4n) is 3.17. The molecule has 2 aromatic rings. The standard InChI is InChI=1S/C18H23FN6O2/c19-13-8-12(16(21)27)17(23-10-5-6-22-11(7-10)9-26)25-18(13)24-15-4-2-1-3-14(15)20/h5-8,14-15,26H,1-4,9,20H2,(H2,21,27)(H2,22,23,24,25). The van der Waals surface area contributed by atoms with Crippen molar-refractivity contribution >= 4 is 23.2 Å². The van der Waals surface area contributed by atoms with Crippen LogP contribution in [0, 0.1) is 5.82 Å². The number of carbonyl (C=O) groups excluding carboxylic acids is 1. The maximum atomic E-state index is 14.5. The average Bonchev–Trinajstić information content (AvgIpc) is 2.66. The number of pyridine rings is 2. The molecule has 8 nitrogen and oxygen atoms in total.